The van der Waals surface area contributed by atoms with Crippen molar-refractivity contribution >= 4 is 23.2 Å². The van der Waals surface area contributed by atoms with Crippen LogP contribution in [0.3, 0.4) is 0 Å². The fourth-order valence-corrected chi connectivity index (χ4v) is 2.86. The van der Waals surface area contributed by atoms with Gasteiger partial charge in [0.1, 0.15) is 5.75 Å². The van der Waals surface area contributed by atoms with E-state index in [9.17, 15) is 9.59 Å². The Morgan fingerprint density at radius 2 is 1.55 bits per heavy atom. The van der Waals surface area contributed by atoms with Crippen LogP contribution in [0.2, 0.25) is 0 Å². The first-order chi connectivity index (χ1) is 13.9. The molecule has 0 bridgehead atoms. The van der Waals surface area contributed by atoms with Gasteiger partial charge in [-0.05, 0) is 68.8 Å². The first-order valence-electron chi connectivity index (χ1n) is 9.43. The van der Waals surface area contributed by atoms with Crippen molar-refractivity contribution in [1.29, 1.82) is 0 Å². The smallest absolute Gasteiger partial charge is 0.265 e. The first-order valence-corrected chi connectivity index (χ1v) is 9.43. The van der Waals surface area contributed by atoms with Crippen molar-refractivity contribution in [3.8, 4) is 5.75 Å². The van der Waals surface area contributed by atoms with Crippen molar-refractivity contribution in [2.45, 2.75) is 26.9 Å². The molecule has 2 N–H and O–H groups in total. The molecule has 5 nitrogen and oxygen atoms in total. The van der Waals surface area contributed by atoms with Gasteiger partial charge in [-0.25, -0.2) is 0 Å². The van der Waals surface area contributed by atoms with E-state index >= 15 is 0 Å². The molecular weight excluding hydrogens is 364 g/mol. The minimum absolute atomic E-state index is 0.196. The van der Waals surface area contributed by atoms with Gasteiger partial charge < -0.3 is 15.4 Å². The molecule has 3 aromatic rings. The lowest BCUT2D eigenvalue weighted by Gasteiger charge is -2.15. The van der Waals surface area contributed by atoms with Crippen LogP contribution in [0, 0.1) is 13.8 Å². The van der Waals surface area contributed by atoms with Crippen molar-refractivity contribution in [2.75, 3.05) is 10.6 Å². The SMILES string of the molecule is Cc1ccc(NC(=O)c2ccc(OC(C)C(=O)Nc3ccccc3)cc2)c(C)c1. The zero-order valence-electron chi connectivity index (χ0n) is 16.7. The van der Waals surface area contributed by atoms with E-state index in [0.29, 0.717) is 17.0 Å². The van der Waals surface area contributed by atoms with E-state index in [1.165, 1.54) is 0 Å². The Labute approximate surface area is 170 Å². The standard InChI is InChI=1S/C24H24N2O3/c1-16-9-14-22(17(2)15-16)26-24(28)19-10-12-21(13-11-19)29-18(3)23(27)25-20-7-5-4-6-8-20/h4-15,18H,1-3H3,(H,25,27)(H,26,28). The lowest BCUT2D eigenvalue weighted by Crippen LogP contribution is -2.30. The molecule has 0 aliphatic rings. The van der Waals surface area contributed by atoms with Gasteiger partial charge in [0, 0.05) is 16.9 Å². The molecule has 3 rings (SSSR count). The summed E-state index contributed by atoms with van der Waals surface area (Å²) in [6.07, 6.45) is -0.676. The van der Waals surface area contributed by atoms with E-state index in [1.54, 1.807) is 31.2 Å². The van der Waals surface area contributed by atoms with Crippen LogP contribution < -0.4 is 15.4 Å². The molecule has 148 valence electrons. The van der Waals surface area contributed by atoms with E-state index in [1.807, 2.05) is 62.4 Å². The van der Waals surface area contributed by atoms with Gasteiger partial charge in [0.15, 0.2) is 6.10 Å². The number of ether oxygens (including phenoxy) is 1. The molecule has 0 saturated carbocycles. The fraction of sp³-hybridized carbons (Fsp3) is 0.167. The summed E-state index contributed by atoms with van der Waals surface area (Å²) in [4.78, 5) is 24.7. The second-order valence-corrected chi connectivity index (χ2v) is 6.91. The Balaban J connectivity index is 1.59. The molecule has 29 heavy (non-hydrogen) atoms. The number of anilines is 2. The summed E-state index contributed by atoms with van der Waals surface area (Å²) in [5.74, 6) is 0.0787. The molecule has 0 aromatic heterocycles. The largest absolute Gasteiger partial charge is 0.481 e. The minimum atomic E-state index is -0.676. The van der Waals surface area contributed by atoms with Crippen LogP contribution >= 0.6 is 0 Å². The molecule has 3 aromatic carbocycles. The van der Waals surface area contributed by atoms with Gasteiger partial charge in [-0.1, -0.05) is 35.9 Å². The van der Waals surface area contributed by atoms with Crippen LogP contribution in [0.1, 0.15) is 28.4 Å². The van der Waals surface area contributed by atoms with E-state index < -0.39 is 6.10 Å². The monoisotopic (exact) mass is 388 g/mol. The van der Waals surface area contributed by atoms with E-state index in [4.69, 9.17) is 4.74 Å². The zero-order chi connectivity index (χ0) is 20.8. The maximum atomic E-state index is 12.5. The highest BCUT2D eigenvalue weighted by molar-refractivity contribution is 6.04. The third kappa shape index (κ3) is 5.45. The molecule has 0 saturated heterocycles. The van der Waals surface area contributed by atoms with Crippen molar-refractivity contribution in [2.24, 2.45) is 0 Å². The molecule has 0 aliphatic heterocycles. The van der Waals surface area contributed by atoms with E-state index in [2.05, 4.69) is 10.6 Å². The predicted octanol–water partition coefficient (Wildman–Crippen LogP) is 4.96. The molecule has 0 radical (unpaired) electrons. The lowest BCUT2D eigenvalue weighted by atomic mass is 10.1. The van der Waals surface area contributed by atoms with Crippen molar-refractivity contribution in [3.05, 3.63) is 89.5 Å². The van der Waals surface area contributed by atoms with Crippen LogP contribution in [0.5, 0.6) is 5.75 Å². The minimum Gasteiger partial charge on any atom is -0.481 e. The Bertz CT molecular complexity index is 998. The molecule has 1 unspecified atom stereocenters. The maximum absolute atomic E-state index is 12.5. The molecule has 2 amide bonds. The number of benzene rings is 3. The fourth-order valence-electron chi connectivity index (χ4n) is 2.86. The van der Waals surface area contributed by atoms with Gasteiger partial charge in [-0.15, -0.1) is 0 Å². The Kier molecular flexibility index (Phi) is 6.29. The number of carbonyl (C=O) groups is 2. The first kappa shape index (κ1) is 20.1. The second-order valence-electron chi connectivity index (χ2n) is 6.91. The summed E-state index contributed by atoms with van der Waals surface area (Å²) in [7, 11) is 0. The summed E-state index contributed by atoms with van der Waals surface area (Å²) in [5.41, 5.74) is 4.17. The molecule has 0 spiro atoms. The van der Waals surface area contributed by atoms with Crippen LogP contribution in [0.4, 0.5) is 11.4 Å². The molecule has 5 heteroatoms. The average Bonchev–Trinajstić information content (AvgIpc) is 2.71. The summed E-state index contributed by atoms with van der Waals surface area (Å²) < 4.78 is 5.69. The summed E-state index contributed by atoms with van der Waals surface area (Å²) >= 11 is 0. The number of amides is 2. The summed E-state index contributed by atoms with van der Waals surface area (Å²) in [6.45, 7) is 5.65. The number of hydrogen-bond acceptors (Lipinski definition) is 3. The van der Waals surface area contributed by atoms with Crippen molar-refractivity contribution in [1.82, 2.24) is 0 Å². The van der Waals surface area contributed by atoms with Crippen LogP contribution in [-0.2, 0) is 4.79 Å². The number of carbonyl (C=O) groups excluding carboxylic acids is 2. The average molecular weight is 388 g/mol. The highest BCUT2D eigenvalue weighted by Gasteiger charge is 2.15. The third-order valence-electron chi connectivity index (χ3n) is 4.47. The van der Waals surface area contributed by atoms with Crippen LogP contribution in [0.25, 0.3) is 0 Å². The Morgan fingerprint density at radius 1 is 0.862 bits per heavy atom. The van der Waals surface area contributed by atoms with E-state index in [-0.39, 0.29) is 11.8 Å². The molecule has 1 atom stereocenters. The van der Waals surface area contributed by atoms with Gasteiger partial charge in [-0.3, -0.25) is 9.59 Å². The maximum Gasteiger partial charge on any atom is 0.265 e. The molecule has 0 heterocycles. The Morgan fingerprint density at radius 3 is 2.21 bits per heavy atom. The lowest BCUT2D eigenvalue weighted by molar-refractivity contribution is -0.122. The highest BCUT2D eigenvalue weighted by atomic mass is 16.5. The number of nitrogens with one attached hydrogen (secondary N) is 2. The highest BCUT2D eigenvalue weighted by Crippen LogP contribution is 2.19. The predicted molar refractivity (Wildman–Crippen MR) is 115 cm³/mol. The summed E-state index contributed by atoms with van der Waals surface area (Å²) in [6, 6.07) is 21.8. The molecular formula is C24H24N2O3. The topological polar surface area (TPSA) is 67.4 Å². The summed E-state index contributed by atoms with van der Waals surface area (Å²) in [5, 5.41) is 5.72. The van der Waals surface area contributed by atoms with Gasteiger partial charge in [0.05, 0.1) is 0 Å². The number of rotatable bonds is 6. The van der Waals surface area contributed by atoms with Gasteiger partial charge in [0.2, 0.25) is 0 Å². The molecule has 0 aliphatic carbocycles. The quantitative estimate of drug-likeness (QED) is 0.627. The van der Waals surface area contributed by atoms with Crippen LogP contribution in [0.15, 0.2) is 72.8 Å². The Hall–Kier alpha value is -3.60. The normalized spacial score (nSPS) is 11.4. The number of aryl methyl sites for hydroxylation is 2. The van der Waals surface area contributed by atoms with Crippen molar-refractivity contribution < 1.29 is 14.3 Å². The van der Waals surface area contributed by atoms with E-state index in [0.717, 1.165) is 16.8 Å². The van der Waals surface area contributed by atoms with Gasteiger partial charge in [0.25, 0.3) is 11.8 Å². The van der Waals surface area contributed by atoms with Crippen LogP contribution in [-0.4, -0.2) is 17.9 Å². The number of para-hydroxylation sites is 1. The molecule has 0 fully saturated rings. The second kappa shape index (κ2) is 9.06. The number of hydrogen-bond donors (Lipinski definition) is 2. The van der Waals surface area contributed by atoms with Crippen molar-refractivity contribution in [3.63, 3.8) is 0 Å². The third-order valence-corrected chi connectivity index (χ3v) is 4.47. The zero-order valence-corrected chi connectivity index (χ0v) is 16.7. The van der Waals surface area contributed by atoms with Gasteiger partial charge >= 0.3 is 0 Å². The van der Waals surface area contributed by atoms with Gasteiger partial charge in [-0.2, -0.15) is 0 Å².